The van der Waals surface area contributed by atoms with Gasteiger partial charge in [-0.05, 0) is 51.9 Å². The van der Waals surface area contributed by atoms with Crippen LogP contribution in [0.15, 0.2) is 16.7 Å². The van der Waals surface area contributed by atoms with Gasteiger partial charge in [0.25, 0.3) is 5.91 Å². The summed E-state index contributed by atoms with van der Waals surface area (Å²) in [5, 5.41) is 3.57. The Labute approximate surface area is 171 Å². The van der Waals surface area contributed by atoms with Crippen LogP contribution in [-0.4, -0.2) is 54.6 Å². The number of thiophene rings is 1. The van der Waals surface area contributed by atoms with E-state index in [4.69, 9.17) is 0 Å². The standard InChI is InChI=1S/C18H22F3N3O2S.ClH/c1-11-15(22-26-16(11)18(19,20)21)13-6-7-14(27-13)17(25)24-8-4-5-12(10-24)9-23(2)3;/h6-7,12H,4-5,8-10H2,1-3H3;1H. The summed E-state index contributed by atoms with van der Waals surface area (Å²) in [6, 6.07) is 3.28. The molecule has 1 amide bonds. The van der Waals surface area contributed by atoms with Crippen molar-refractivity contribution in [2.45, 2.75) is 25.9 Å². The Balaban J connectivity index is 0.00000280. The van der Waals surface area contributed by atoms with Crippen molar-refractivity contribution in [1.82, 2.24) is 15.0 Å². The molecular formula is C18H23ClF3N3O2S. The van der Waals surface area contributed by atoms with Crippen molar-refractivity contribution in [2.24, 2.45) is 5.92 Å². The van der Waals surface area contributed by atoms with Crippen LogP contribution >= 0.6 is 23.7 Å². The fourth-order valence-corrected chi connectivity index (χ4v) is 4.49. The van der Waals surface area contributed by atoms with E-state index >= 15 is 0 Å². The van der Waals surface area contributed by atoms with Crippen LogP contribution in [-0.2, 0) is 6.18 Å². The fourth-order valence-electron chi connectivity index (χ4n) is 3.48. The molecule has 2 aromatic rings. The van der Waals surface area contributed by atoms with Crippen LogP contribution in [0.4, 0.5) is 13.2 Å². The molecule has 1 atom stereocenters. The lowest BCUT2D eigenvalue weighted by Crippen LogP contribution is -2.42. The monoisotopic (exact) mass is 437 g/mol. The van der Waals surface area contributed by atoms with Crippen molar-refractivity contribution in [3.8, 4) is 10.6 Å². The minimum Gasteiger partial charge on any atom is -0.351 e. The van der Waals surface area contributed by atoms with E-state index in [2.05, 4.69) is 14.6 Å². The van der Waals surface area contributed by atoms with Gasteiger partial charge >= 0.3 is 6.18 Å². The molecule has 1 aliphatic heterocycles. The van der Waals surface area contributed by atoms with Gasteiger partial charge in [-0.2, -0.15) is 13.2 Å². The van der Waals surface area contributed by atoms with Crippen LogP contribution in [0.3, 0.4) is 0 Å². The Morgan fingerprint density at radius 3 is 2.71 bits per heavy atom. The van der Waals surface area contributed by atoms with Gasteiger partial charge in [-0.25, -0.2) is 0 Å². The van der Waals surface area contributed by atoms with Crippen LogP contribution in [0.1, 0.15) is 33.8 Å². The SMILES string of the molecule is Cc1c(-c2ccc(C(=O)N3CCCC(CN(C)C)C3)s2)noc1C(F)(F)F.Cl. The smallest absolute Gasteiger partial charge is 0.351 e. The topological polar surface area (TPSA) is 49.6 Å². The van der Waals surface area contributed by atoms with Gasteiger partial charge < -0.3 is 14.3 Å². The minimum atomic E-state index is -4.58. The molecule has 1 saturated heterocycles. The number of likely N-dealkylation sites (tertiary alicyclic amines) is 1. The zero-order valence-corrected chi connectivity index (χ0v) is 17.5. The fraction of sp³-hybridized carbons (Fsp3) is 0.556. The van der Waals surface area contributed by atoms with E-state index in [0.717, 1.165) is 30.7 Å². The lowest BCUT2D eigenvalue weighted by Gasteiger charge is -2.33. The highest BCUT2D eigenvalue weighted by Crippen LogP contribution is 2.38. The summed E-state index contributed by atoms with van der Waals surface area (Å²) in [6.45, 7) is 3.66. The summed E-state index contributed by atoms with van der Waals surface area (Å²) in [5.41, 5.74) is 0.0721. The molecule has 0 bridgehead atoms. The maximum Gasteiger partial charge on any atom is 0.452 e. The molecule has 0 spiro atoms. The van der Waals surface area contributed by atoms with E-state index in [9.17, 15) is 18.0 Å². The van der Waals surface area contributed by atoms with Gasteiger partial charge in [0.05, 0.1) is 9.75 Å². The predicted molar refractivity (Wildman–Crippen MR) is 104 cm³/mol. The highest BCUT2D eigenvalue weighted by atomic mass is 35.5. The quantitative estimate of drug-likeness (QED) is 0.703. The second kappa shape index (κ2) is 8.84. The van der Waals surface area contributed by atoms with Gasteiger partial charge in [0, 0.05) is 25.2 Å². The summed E-state index contributed by atoms with van der Waals surface area (Å²) in [5.74, 6) is -0.738. The molecule has 10 heteroatoms. The summed E-state index contributed by atoms with van der Waals surface area (Å²) in [4.78, 5) is 17.8. The molecule has 1 unspecified atom stereocenters. The zero-order valence-electron chi connectivity index (χ0n) is 15.9. The van der Waals surface area contributed by atoms with Gasteiger partial charge in [-0.1, -0.05) is 5.16 Å². The maximum atomic E-state index is 12.9. The molecule has 0 N–H and O–H groups in total. The van der Waals surface area contributed by atoms with Crippen LogP contribution in [0, 0.1) is 12.8 Å². The predicted octanol–water partition coefficient (Wildman–Crippen LogP) is 4.57. The molecule has 0 radical (unpaired) electrons. The molecule has 0 saturated carbocycles. The van der Waals surface area contributed by atoms with E-state index in [0.29, 0.717) is 28.8 Å². The third-order valence-corrected chi connectivity index (χ3v) is 5.74. The number of aromatic nitrogens is 1. The number of carbonyl (C=O) groups is 1. The van der Waals surface area contributed by atoms with Gasteiger partial charge in [0.1, 0.15) is 5.69 Å². The number of amides is 1. The van der Waals surface area contributed by atoms with Gasteiger partial charge in [-0.15, -0.1) is 23.7 Å². The molecule has 0 aromatic carbocycles. The lowest BCUT2D eigenvalue weighted by atomic mass is 9.97. The van der Waals surface area contributed by atoms with Crippen LogP contribution in [0.5, 0.6) is 0 Å². The van der Waals surface area contributed by atoms with Gasteiger partial charge in [0.15, 0.2) is 0 Å². The van der Waals surface area contributed by atoms with Crippen molar-refractivity contribution in [1.29, 1.82) is 0 Å². The Morgan fingerprint density at radius 2 is 2.11 bits per heavy atom. The number of piperidine rings is 1. The molecule has 0 aliphatic carbocycles. The normalized spacial score (nSPS) is 17.7. The number of halogens is 4. The third-order valence-electron chi connectivity index (χ3n) is 4.66. The van der Waals surface area contributed by atoms with Crippen molar-refractivity contribution in [2.75, 3.05) is 33.7 Å². The van der Waals surface area contributed by atoms with Crippen molar-refractivity contribution < 1.29 is 22.5 Å². The number of hydrogen-bond acceptors (Lipinski definition) is 5. The molecule has 3 heterocycles. The summed E-state index contributed by atoms with van der Waals surface area (Å²) < 4.78 is 43.1. The lowest BCUT2D eigenvalue weighted by molar-refractivity contribution is -0.156. The molecule has 28 heavy (non-hydrogen) atoms. The van der Waals surface area contributed by atoms with E-state index in [-0.39, 0.29) is 29.6 Å². The number of alkyl halides is 3. The first-order valence-electron chi connectivity index (χ1n) is 8.74. The first-order chi connectivity index (χ1) is 12.7. The first kappa shape index (κ1) is 22.7. The highest BCUT2D eigenvalue weighted by Gasteiger charge is 2.39. The zero-order chi connectivity index (χ0) is 19.8. The van der Waals surface area contributed by atoms with Crippen molar-refractivity contribution in [3.05, 3.63) is 28.3 Å². The number of nitrogens with zero attached hydrogens (tertiary/aromatic N) is 3. The van der Waals surface area contributed by atoms with Crippen LogP contribution < -0.4 is 0 Å². The average molecular weight is 438 g/mol. The van der Waals surface area contributed by atoms with E-state index in [1.54, 1.807) is 12.1 Å². The summed E-state index contributed by atoms with van der Waals surface area (Å²) >= 11 is 1.15. The second-order valence-corrected chi connectivity index (χ2v) is 8.25. The van der Waals surface area contributed by atoms with Crippen LogP contribution in [0.2, 0.25) is 0 Å². The van der Waals surface area contributed by atoms with Gasteiger partial charge in [0.2, 0.25) is 5.76 Å². The molecule has 3 rings (SSSR count). The Morgan fingerprint density at radius 1 is 1.39 bits per heavy atom. The van der Waals surface area contributed by atoms with E-state index in [1.165, 1.54) is 6.92 Å². The second-order valence-electron chi connectivity index (χ2n) is 7.17. The van der Waals surface area contributed by atoms with Crippen molar-refractivity contribution >= 4 is 29.7 Å². The molecule has 1 fully saturated rings. The highest BCUT2D eigenvalue weighted by molar-refractivity contribution is 7.17. The Kier molecular flexibility index (Phi) is 7.17. The summed E-state index contributed by atoms with van der Waals surface area (Å²) in [7, 11) is 4.03. The largest absolute Gasteiger partial charge is 0.452 e. The average Bonchev–Trinajstić information content (AvgIpc) is 3.19. The number of rotatable bonds is 4. The van der Waals surface area contributed by atoms with E-state index in [1.807, 2.05) is 19.0 Å². The van der Waals surface area contributed by atoms with E-state index < -0.39 is 11.9 Å². The molecule has 2 aromatic heterocycles. The number of carbonyl (C=O) groups excluding carboxylic acids is 1. The van der Waals surface area contributed by atoms with Gasteiger partial charge in [-0.3, -0.25) is 4.79 Å². The minimum absolute atomic E-state index is 0. The third kappa shape index (κ3) is 4.87. The van der Waals surface area contributed by atoms with Crippen LogP contribution in [0.25, 0.3) is 10.6 Å². The summed E-state index contributed by atoms with van der Waals surface area (Å²) in [6.07, 6.45) is -2.53. The molecule has 5 nitrogen and oxygen atoms in total. The maximum absolute atomic E-state index is 12.9. The molecular weight excluding hydrogens is 415 g/mol. The molecule has 1 aliphatic rings. The molecule has 156 valence electrons. The Bertz CT molecular complexity index is 819. The Hall–Kier alpha value is -1.58. The first-order valence-corrected chi connectivity index (χ1v) is 9.56. The number of hydrogen-bond donors (Lipinski definition) is 0. The van der Waals surface area contributed by atoms with Crippen molar-refractivity contribution in [3.63, 3.8) is 0 Å².